The molecule has 3 N–H and O–H groups in total. The lowest BCUT2D eigenvalue weighted by atomic mass is 10.0. The van der Waals surface area contributed by atoms with Gasteiger partial charge in [0.15, 0.2) is 0 Å². The molecule has 1 aliphatic rings. The van der Waals surface area contributed by atoms with E-state index in [0.29, 0.717) is 0 Å². The van der Waals surface area contributed by atoms with E-state index in [1.807, 2.05) is 13.0 Å². The predicted octanol–water partition coefficient (Wildman–Crippen LogP) is 2.88. The lowest BCUT2D eigenvalue weighted by Gasteiger charge is -2.25. The van der Waals surface area contributed by atoms with Crippen LogP contribution < -0.4 is 10.6 Å². The normalized spacial score (nSPS) is 14.4. The van der Waals surface area contributed by atoms with Crippen molar-refractivity contribution in [3.05, 3.63) is 64.7 Å². The van der Waals surface area contributed by atoms with Gasteiger partial charge in [0.1, 0.15) is 5.84 Å². The second-order valence-electron chi connectivity index (χ2n) is 5.69. The second-order valence-corrected chi connectivity index (χ2v) is 5.69. The van der Waals surface area contributed by atoms with E-state index in [-0.39, 0.29) is 5.84 Å². The Morgan fingerprint density at radius 1 is 1.05 bits per heavy atom. The van der Waals surface area contributed by atoms with Crippen LogP contribution in [0.4, 0.5) is 5.69 Å². The monoisotopic (exact) mass is 279 g/mol. The molecule has 1 heterocycles. The Hall–Kier alpha value is -2.29. The van der Waals surface area contributed by atoms with Gasteiger partial charge in [-0.3, -0.25) is 5.41 Å². The average Bonchev–Trinajstić information content (AvgIpc) is 2.70. The van der Waals surface area contributed by atoms with Crippen LogP contribution in [0.5, 0.6) is 0 Å². The van der Waals surface area contributed by atoms with E-state index in [9.17, 15) is 0 Å². The molecule has 0 aliphatic carbocycles. The number of fused-ring (bicyclic) bond motifs is 1. The number of hydrogen-bond acceptors (Lipinski definition) is 2. The van der Waals surface area contributed by atoms with Crippen molar-refractivity contribution in [2.45, 2.75) is 19.8 Å². The quantitative estimate of drug-likeness (QED) is 0.656. The van der Waals surface area contributed by atoms with Crippen molar-refractivity contribution in [2.75, 3.05) is 18.0 Å². The Morgan fingerprint density at radius 2 is 1.67 bits per heavy atom. The Labute approximate surface area is 125 Å². The fraction of sp³-hybridized carbons (Fsp3) is 0.278. The van der Waals surface area contributed by atoms with E-state index < -0.39 is 0 Å². The number of hydrogen-bond donors (Lipinski definition) is 2. The van der Waals surface area contributed by atoms with Crippen molar-refractivity contribution < 1.29 is 0 Å². The van der Waals surface area contributed by atoms with Gasteiger partial charge in [-0.2, -0.15) is 0 Å². The summed E-state index contributed by atoms with van der Waals surface area (Å²) in [5.41, 5.74) is 11.7. The zero-order valence-electron chi connectivity index (χ0n) is 12.4. The van der Waals surface area contributed by atoms with Crippen LogP contribution in [0.25, 0.3) is 0 Å². The van der Waals surface area contributed by atoms with Crippen molar-refractivity contribution in [2.24, 2.45) is 5.73 Å². The Balaban J connectivity index is 1.91. The summed E-state index contributed by atoms with van der Waals surface area (Å²) in [6.07, 6.45) is 2.09. The lowest BCUT2D eigenvalue weighted by molar-refractivity contribution is 0.804. The summed E-state index contributed by atoms with van der Waals surface area (Å²) in [6.45, 7) is 3.98. The molecule has 21 heavy (non-hydrogen) atoms. The zero-order chi connectivity index (χ0) is 14.8. The van der Waals surface area contributed by atoms with Crippen LogP contribution in [0.1, 0.15) is 22.3 Å². The van der Waals surface area contributed by atoms with Gasteiger partial charge < -0.3 is 10.6 Å². The van der Waals surface area contributed by atoms with E-state index in [1.54, 1.807) is 0 Å². The van der Waals surface area contributed by atoms with Crippen molar-refractivity contribution in [1.29, 1.82) is 5.41 Å². The van der Waals surface area contributed by atoms with Gasteiger partial charge in [0.25, 0.3) is 0 Å². The third kappa shape index (κ3) is 2.77. The van der Waals surface area contributed by atoms with Gasteiger partial charge in [-0.15, -0.1) is 0 Å². The van der Waals surface area contributed by atoms with E-state index in [2.05, 4.69) is 41.3 Å². The molecule has 0 saturated carbocycles. The highest BCUT2D eigenvalue weighted by Gasteiger charge is 2.17. The number of amidine groups is 1. The molecule has 0 radical (unpaired) electrons. The summed E-state index contributed by atoms with van der Waals surface area (Å²) in [6, 6.07) is 14.9. The Morgan fingerprint density at radius 3 is 2.24 bits per heavy atom. The first-order chi connectivity index (χ1) is 10.1. The Kier molecular flexibility index (Phi) is 3.65. The smallest absolute Gasteiger partial charge is 0.124 e. The Bertz CT molecular complexity index is 649. The highest BCUT2D eigenvalue weighted by atomic mass is 15.1. The molecule has 0 aromatic heterocycles. The van der Waals surface area contributed by atoms with E-state index in [4.69, 9.17) is 11.1 Å². The first kappa shape index (κ1) is 13.7. The number of nitrogens with one attached hydrogen (secondary N) is 1. The van der Waals surface area contributed by atoms with Crippen LogP contribution in [-0.2, 0) is 12.8 Å². The van der Waals surface area contributed by atoms with Gasteiger partial charge in [0.2, 0.25) is 0 Å². The first-order valence-corrected chi connectivity index (χ1v) is 7.42. The molecule has 1 aliphatic heterocycles. The molecular formula is C18H21N3. The maximum absolute atomic E-state index is 7.83. The molecule has 0 unspecified atom stereocenters. The van der Waals surface area contributed by atoms with Gasteiger partial charge >= 0.3 is 0 Å². The summed E-state index contributed by atoms with van der Waals surface area (Å²) >= 11 is 0. The summed E-state index contributed by atoms with van der Waals surface area (Å²) in [5.74, 6) is 0.149. The van der Waals surface area contributed by atoms with Gasteiger partial charge in [0.05, 0.1) is 0 Å². The highest BCUT2D eigenvalue weighted by molar-refractivity contribution is 6.00. The molecule has 0 saturated heterocycles. The van der Waals surface area contributed by atoms with Gasteiger partial charge in [-0.1, -0.05) is 35.9 Å². The number of nitrogens with zero attached hydrogens (tertiary/aromatic N) is 1. The number of benzene rings is 2. The first-order valence-electron chi connectivity index (χ1n) is 7.42. The summed E-state index contributed by atoms with van der Waals surface area (Å²) < 4.78 is 0. The third-order valence-corrected chi connectivity index (χ3v) is 4.20. The average molecular weight is 279 g/mol. The number of aryl methyl sites for hydroxylation is 1. The molecule has 0 amide bonds. The topological polar surface area (TPSA) is 53.1 Å². The third-order valence-electron chi connectivity index (χ3n) is 4.20. The largest absolute Gasteiger partial charge is 0.384 e. The van der Waals surface area contributed by atoms with Crippen molar-refractivity contribution in [3.63, 3.8) is 0 Å². The highest BCUT2D eigenvalue weighted by Crippen LogP contribution is 2.25. The molecule has 108 valence electrons. The fourth-order valence-corrected chi connectivity index (χ4v) is 3.05. The van der Waals surface area contributed by atoms with Crippen LogP contribution in [0.2, 0.25) is 0 Å². The molecule has 3 rings (SSSR count). The van der Waals surface area contributed by atoms with E-state index in [0.717, 1.165) is 42.7 Å². The van der Waals surface area contributed by atoms with Gasteiger partial charge in [-0.05, 0) is 43.0 Å². The minimum Gasteiger partial charge on any atom is -0.384 e. The molecular weight excluding hydrogens is 258 g/mol. The van der Waals surface area contributed by atoms with E-state index >= 15 is 0 Å². The summed E-state index contributed by atoms with van der Waals surface area (Å²) in [7, 11) is 0. The molecule has 0 bridgehead atoms. The number of nitrogen functional groups attached to an aromatic ring is 1. The summed E-state index contributed by atoms with van der Waals surface area (Å²) in [4.78, 5) is 2.36. The molecule has 3 heteroatoms. The van der Waals surface area contributed by atoms with Crippen molar-refractivity contribution in [3.8, 4) is 0 Å². The van der Waals surface area contributed by atoms with E-state index in [1.165, 1.54) is 11.1 Å². The maximum atomic E-state index is 7.83. The van der Waals surface area contributed by atoms with Crippen molar-refractivity contribution >= 4 is 11.5 Å². The zero-order valence-corrected chi connectivity index (χ0v) is 12.4. The maximum Gasteiger partial charge on any atom is 0.124 e. The van der Waals surface area contributed by atoms with Gasteiger partial charge in [0, 0.05) is 24.3 Å². The van der Waals surface area contributed by atoms with Crippen molar-refractivity contribution in [1.82, 2.24) is 0 Å². The SMILES string of the molecule is Cc1ccc(N2CCc3ccccc3CC2)c(C(=N)N)c1. The molecule has 0 atom stereocenters. The lowest BCUT2D eigenvalue weighted by Crippen LogP contribution is -2.29. The summed E-state index contributed by atoms with van der Waals surface area (Å²) in [5, 5.41) is 7.83. The minimum atomic E-state index is 0.149. The van der Waals surface area contributed by atoms with Crippen LogP contribution >= 0.6 is 0 Å². The molecule has 3 nitrogen and oxygen atoms in total. The molecule has 0 spiro atoms. The number of rotatable bonds is 2. The van der Waals surface area contributed by atoms with Crippen LogP contribution in [0.15, 0.2) is 42.5 Å². The molecule has 2 aromatic carbocycles. The fourth-order valence-electron chi connectivity index (χ4n) is 3.05. The molecule has 0 fully saturated rings. The van der Waals surface area contributed by atoms with Crippen LogP contribution in [0.3, 0.4) is 0 Å². The predicted molar refractivity (Wildman–Crippen MR) is 88.3 cm³/mol. The standard InChI is InChI=1S/C18H21N3/c1-13-6-7-17(16(12-13)18(19)20)21-10-8-14-4-2-3-5-15(14)9-11-21/h2-7,12H,8-11H2,1H3,(H3,19,20). The minimum absolute atomic E-state index is 0.149. The van der Waals surface area contributed by atoms with Crippen LogP contribution in [-0.4, -0.2) is 18.9 Å². The molecule has 2 aromatic rings. The van der Waals surface area contributed by atoms with Crippen LogP contribution in [0, 0.1) is 12.3 Å². The van der Waals surface area contributed by atoms with Gasteiger partial charge in [-0.25, -0.2) is 0 Å². The number of nitrogens with two attached hydrogens (primary N) is 1. The number of anilines is 1. The second kappa shape index (κ2) is 5.60.